The van der Waals surface area contributed by atoms with Gasteiger partial charge in [-0.05, 0) is 18.4 Å². The van der Waals surface area contributed by atoms with Crippen LogP contribution in [0.4, 0.5) is 0 Å². The molecule has 19 heavy (non-hydrogen) atoms. The fraction of sp³-hybridized carbons (Fsp3) is 0.917. The SMILES string of the molecule is CSCCC(N)C(=O)N(C)CCN1CCOCC1.Cl. The van der Waals surface area contributed by atoms with Crippen LogP contribution in [0, 0.1) is 0 Å². The molecule has 1 atom stereocenters. The number of nitrogens with zero attached hydrogens (tertiary/aromatic N) is 2. The van der Waals surface area contributed by atoms with Gasteiger partial charge in [-0.2, -0.15) is 11.8 Å². The van der Waals surface area contributed by atoms with Crippen molar-refractivity contribution in [2.75, 3.05) is 58.4 Å². The van der Waals surface area contributed by atoms with E-state index in [0.29, 0.717) is 0 Å². The summed E-state index contributed by atoms with van der Waals surface area (Å²) in [5, 5.41) is 0. The first-order valence-corrected chi connectivity index (χ1v) is 7.84. The molecular formula is C12H26ClN3O2S. The van der Waals surface area contributed by atoms with Gasteiger partial charge in [0, 0.05) is 33.2 Å². The molecule has 0 radical (unpaired) electrons. The second-order valence-electron chi connectivity index (χ2n) is 4.60. The summed E-state index contributed by atoms with van der Waals surface area (Å²) in [4.78, 5) is 16.0. The smallest absolute Gasteiger partial charge is 0.239 e. The Morgan fingerprint density at radius 3 is 2.68 bits per heavy atom. The maximum atomic E-state index is 12.0. The Labute approximate surface area is 126 Å². The molecule has 1 saturated heterocycles. The Hall–Kier alpha value is -0.0100. The van der Waals surface area contributed by atoms with Crippen LogP contribution in [0.1, 0.15) is 6.42 Å². The Bertz CT molecular complexity index is 253. The highest BCUT2D eigenvalue weighted by Gasteiger charge is 2.18. The molecular weight excluding hydrogens is 286 g/mol. The molecule has 7 heteroatoms. The average Bonchev–Trinajstić information content (AvgIpc) is 2.42. The average molecular weight is 312 g/mol. The summed E-state index contributed by atoms with van der Waals surface area (Å²) in [5.41, 5.74) is 5.87. The van der Waals surface area contributed by atoms with Gasteiger partial charge in [0.25, 0.3) is 0 Å². The molecule has 1 amide bonds. The van der Waals surface area contributed by atoms with Gasteiger partial charge < -0.3 is 15.4 Å². The summed E-state index contributed by atoms with van der Waals surface area (Å²) in [7, 11) is 1.84. The zero-order chi connectivity index (χ0) is 13.4. The summed E-state index contributed by atoms with van der Waals surface area (Å²) in [6, 6.07) is -0.355. The number of carbonyl (C=O) groups is 1. The van der Waals surface area contributed by atoms with Crippen molar-refractivity contribution in [1.82, 2.24) is 9.80 Å². The van der Waals surface area contributed by atoms with E-state index in [4.69, 9.17) is 10.5 Å². The first-order valence-electron chi connectivity index (χ1n) is 6.44. The third-order valence-electron chi connectivity index (χ3n) is 3.18. The molecule has 1 unspecified atom stereocenters. The molecule has 0 saturated carbocycles. The van der Waals surface area contributed by atoms with Crippen molar-refractivity contribution in [3.8, 4) is 0 Å². The Morgan fingerprint density at radius 1 is 1.47 bits per heavy atom. The second-order valence-corrected chi connectivity index (χ2v) is 5.59. The molecule has 1 aliphatic heterocycles. The number of nitrogens with two attached hydrogens (primary N) is 1. The van der Waals surface area contributed by atoms with Crippen molar-refractivity contribution in [2.24, 2.45) is 5.73 Å². The zero-order valence-corrected chi connectivity index (χ0v) is 13.5. The predicted molar refractivity (Wildman–Crippen MR) is 83.1 cm³/mol. The Kier molecular flexibility index (Phi) is 10.7. The van der Waals surface area contributed by atoms with Gasteiger partial charge in [-0.15, -0.1) is 12.4 Å². The van der Waals surface area contributed by atoms with E-state index in [1.165, 1.54) is 0 Å². The summed E-state index contributed by atoms with van der Waals surface area (Å²) in [6.07, 6.45) is 2.78. The lowest BCUT2D eigenvalue weighted by Crippen LogP contribution is -2.46. The van der Waals surface area contributed by atoms with Gasteiger partial charge in [-0.25, -0.2) is 0 Å². The summed E-state index contributed by atoms with van der Waals surface area (Å²) in [5.74, 6) is 0.988. The standard InChI is InChI=1S/C12H25N3O2S.ClH/c1-14(12(16)11(13)3-10-18-2)4-5-15-6-8-17-9-7-15;/h11H,3-10,13H2,1-2H3;1H. The Balaban J connectivity index is 0.00000324. The minimum atomic E-state index is -0.355. The van der Waals surface area contributed by atoms with E-state index in [1.54, 1.807) is 16.7 Å². The largest absolute Gasteiger partial charge is 0.379 e. The molecule has 0 spiro atoms. The second kappa shape index (κ2) is 10.7. The van der Waals surface area contributed by atoms with E-state index in [2.05, 4.69) is 4.90 Å². The number of morpholine rings is 1. The number of hydrogen-bond acceptors (Lipinski definition) is 5. The number of carbonyl (C=O) groups excluding carboxylic acids is 1. The van der Waals surface area contributed by atoms with Crippen LogP contribution in [-0.2, 0) is 9.53 Å². The fourth-order valence-electron chi connectivity index (χ4n) is 1.88. The van der Waals surface area contributed by atoms with E-state index >= 15 is 0 Å². The van der Waals surface area contributed by atoms with E-state index < -0.39 is 0 Å². The summed E-state index contributed by atoms with van der Waals surface area (Å²) in [6.45, 7) is 5.16. The number of amides is 1. The van der Waals surface area contributed by atoms with Gasteiger partial charge in [0.2, 0.25) is 5.91 Å². The third kappa shape index (κ3) is 7.37. The van der Waals surface area contributed by atoms with Gasteiger partial charge in [0.05, 0.1) is 19.3 Å². The van der Waals surface area contributed by atoms with Crippen LogP contribution >= 0.6 is 24.2 Å². The molecule has 1 rings (SSSR count). The van der Waals surface area contributed by atoms with E-state index in [1.807, 2.05) is 13.3 Å². The number of ether oxygens (including phenoxy) is 1. The molecule has 1 fully saturated rings. The monoisotopic (exact) mass is 311 g/mol. The number of hydrogen-bond donors (Lipinski definition) is 1. The quantitative estimate of drug-likeness (QED) is 0.732. The van der Waals surface area contributed by atoms with E-state index in [-0.39, 0.29) is 24.4 Å². The topological polar surface area (TPSA) is 58.8 Å². The highest BCUT2D eigenvalue weighted by molar-refractivity contribution is 7.98. The van der Waals surface area contributed by atoms with Gasteiger partial charge in [-0.3, -0.25) is 9.69 Å². The Morgan fingerprint density at radius 2 is 2.11 bits per heavy atom. The zero-order valence-electron chi connectivity index (χ0n) is 11.8. The predicted octanol–water partition coefficient (Wildman–Crippen LogP) is 0.279. The van der Waals surface area contributed by atoms with Crippen molar-refractivity contribution < 1.29 is 9.53 Å². The fourth-order valence-corrected chi connectivity index (χ4v) is 2.37. The molecule has 0 bridgehead atoms. The first-order chi connectivity index (χ1) is 8.65. The number of rotatable bonds is 7. The number of thioether (sulfide) groups is 1. The highest BCUT2D eigenvalue weighted by atomic mass is 35.5. The summed E-state index contributed by atoms with van der Waals surface area (Å²) < 4.78 is 5.29. The van der Waals surface area contributed by atoms with Crippen LogP contribution in [0.3, 0.4) is 0 Å². The van der Waals surface area contributed by atoms with Crippen LogP contribution in [-0.4, -0.2) is 80.2 Å². The highest BCUT2D eigenvalue weighted by Crippen LogP contribution is 2.02. The lowest BCUT2D eigenvalue weighted by Gasteiger charge is -2.29. The number of likely N-dealkylation sites (N-methyl/N-ethyl adjacent to an activating group) is 1. The van der Waals surface area contributed by atoms with Gasteiger partial charge >= 0.3 is 0 Å². The first kappa shape index (κ1) is 19.0. The molecule has 0 aromatic carbocycles. The molecule has 0 aromatic heterocycles. The molecule has 1 aliphatic rings. The van der Waals surface area contributed by atoms with Crippen molar-refractivity contribution in [2.45, 2.75) is 12.5 Å². The van der Waals surface area contributed by atoms with Crippen LogP contribution in [0.5, 0.6) is 0 Å². The lowest BCUT2D eigenvalue weighted by atomic mass is 10.2. The van der Waals surface area contributed by atoms with Gasteiger partial charge in [-0.1, -0.05) is 0 Å². The molecule has 0 aromatic rings. The minimum Gasteiger partial charge on any atom is -0.379 e. The van der Waals surface area contributed by atoms with E-state index in [0.717, 1.165) is 51.6 Å². The normalized spacial score (nSPS) is 17.6. The molecule has 5 nitrogen and oxygen atoms in total. The van der Waals surface area contributed by atoms with Crippen LogP contribution in [0.2, 0.25) is 0 Å². The molecule has 114 valence electrons. The lowest BCUT2D eigenvalue weighted by molar-refractivity contribution is -0.131. The van der Waals surface area contributed by atoms with Crippen molar-refractivity contribution in [3.05, 3.63) is 0 Å². The minimum absolute atomic E-state index is 0. The molecule has 0 aliphatic carbocycles. The van der Waals surface area contributed by atoms with Crippen LogP contribution in [0.25, 0.3) is 0 Å². The van der Waals surface area contributed by atoms with Crippen molar-refractivity contribution in [3.63, 3.8) is 0 Å². The maximum absolute atomic E-state index is 12.0. The van der Waals surface area contributed by atoms with Gasteiger partial charge in [0.15, 0.2) is 0 Å². The van der Waals surface area contributed by atoms with Crippen LogP contribution < -0.4 is 5.73 Å². The van der Waals surface area contributed by atoms with Gasteiger partial charge in [0.1, 0.15) is 0 Å². The van der Waals surface area contributed by atoms with E-state index in [9.17, 15) is 4.79 Å². The third-order valence-corrected chi connectivity index (χ3v) is 3.83. The molecule has 1 heterocycles. The van der Waals surface area contributed by atoms with Crippen molar-refractivity contribution >= 4 is 30.1 Å². The van der Waals surface area contributed by atoms with Crippen LogP contribution in [0.15, 0.2) is 0 Å². The summed E-state index contributed by atoms with van der Waals surface area (Å²) >= 11 is 1.72. The molecule has 2 N–H and O–H groups in total. The number of halogens is 1. The maximum Gasteiger partial charge on any atom is 0.239 e. The van der Waals surface area contributed by atoms with Crippen molar-refractivity contribution in [1.29, 1.82) is 0 Å².